The van der Waals surface area contributed by atoms with Crippen molar-refractivity contribution in [2.45, 2.75) is 19.4 Å². The monoisotopic (exact) mass is 239 g/mol. The molecule has 3 nitrogen and oxygen atoms in total. The highest BCUT2D eigenvalue weighted by atomic mass is 19.1. The van der Waals surface area contributed by atoms with E-state index >= 15 is 0 Å². The molecule has 0 saturated carbocycles. The number of ether oxygens (including phenoxy) is 1. The normalized spacial score (nSPS) is 10.3. The summed E-state index contributed by atoms with van der Waals surface area (Å²) < 4.78 is 17.8. The van der Waals surface area contributed by atoms with Crippen LogP contribution in [-0.4, -0.2) is 31.6 Å². The molecule has 4 heteroatoms. The van der Waals surface area contributed by atoms with Crippen LogP contribution >= 0.6 is 0 Å². The van der Waals surface area contributed by atoms with Crippen molar-refractivity contribution >= 4 is 5.91 Å². The number of hydrogen-bond donors (Lipinski definition) is 0. The Morgan fingerprint density at radius 3 is 2.88 bits per heavy atom. The van der Waals surface area contributed by atoms with E-state index in [1.165, 1.54) is 12.1 Å². The molecule has 0 aliphatic carbocycles. The molecule has 0 aliphatic heterocycles. The van der Waals surface area contributed by atoms with Gasteiger partial charge in [-0.1, -0.05) is 12.1 Å². The molecule has 0 aliphatic rings. The van der Waals surface area contributed by atoms with E-state index in [1.54, 1.807) is 25.1 Å². The van der Waals surface area contributed by atoms with Crippen LogP contribution in [-0.2, 0) is 16.1 Å². The lowest BCUT2D eigenvalue weighted by Gasteiger charge is -2.17. The van der Waals surface area contributed by atoms with E-state index in [-0.39, 0.29) is 11.7 Å². The number of carbonyl (C=O) groups excluding carboxylic acids is 1. The Balaban J connectivity index is 2.43. The zero-order valence-corrected chi connectivity index (χ0v) is 10.3. The molecule has 0 N–H and O–H groups in total. The average Bonchev–Trinajstić information content (AvgIpc) is 2.29. The third-order valence-electron chi connectivity index (χ3n) is 2.47. The van der Waals surface area contributed by atoms with Gasteiger partial charge in [-0.3, -0.25) is 4.79 Å². The molecular weight excluding hydrogens is 221 g/mol. The average molecular weight is 239 g/mol. The minimum Gasteiger partial charge on any atom is -0.385 e. The number of carbonyl (C=O) groups is 1. The minimum absolute atomic E-state index is 0.0475. The Morgan fingerprint density at radius 2 is 2.24 bits per heavy atom. The topological polar surface area (TPSA) is 29.5 Å². The fourth-order valence-corrected chi connectivity index (χ4v) is 1.56. The first-order valence-corrected chi connectivity index (χ1v) is 5.61. The molecule has 0 saturated heterocycles. The van der Waals surface area contributed by atoms with Crippen molar-refractivity contribution in [3.05, 3.63) is 35.6 Å². The van der Waals surface area contributed by atoms with Crippen LogP contribution in [0.15, 0.2) is 24.3 Å². The Labute approximate surface area is 101 Å². The van der Waals surface area contributed by atoms with Crippen molar-refractivity contribution < 1.29 is 13.9 Å². The Kier molecular flexibility index (Phi) is 5.63. The molecular formula is C13H18FNO2. The fraction of sp³-hybridized carbons (Fsp3) is 0.462. The van der Waals surface area contributed by atoms with Crippen molar-refractivity contribution in [1.29, 1.82) is 0 Å². The highest BCUT2D eigenvalue weighted by molar-refractivity contribution is 5.75. The van der Waals surface area contributed by atoms with E-state index in [9.17, 15) is 9.18 Å². The Morgan fingerprint density at radius 1 is 1.47 bits per heavy atom. The van der Waals surface area contributed by atoms with Gasteiger partial charge < -0.3 is 9.64 Å². The molecule has 1 amide bonds. The molecule has 0 unspecified atom stereocenters. The van der Waals surface area contributed by atoms with Crippen LogP contribution in [0.4, 0.5) is 4.39 Å². The standard InChI is InChI=1S/C13H18FNO2/c1-15(13(16)7-4-8-17-2)10-11-5-3-6-12(14)9-11/h3,5-6,9H,4,7-8,10H2,1-2H3. The minimum atomic E-state index is -0.275. The summed E-state index contributed by atoms with van der Waals surface area (Å²) in [7, 11) is 3.33. The van der Waals surface area contributed by atoms with Gasteiger partial charge in [-0.2, -0.15) is 0 Å². The lowest BCUT2D eigenvalue weighted by molar-refractivity contribution is -0.130. The first-order chi connectivity index (χ1) is 8.13. The molecule has 94 valence electrons. The Bertz CT molecular complexity index is 368. The Hall–Kier alpha value is -1.42. The summed E-state index contributed by atoms with van der Waals surface area (Å²) in [5.41, 5.74) is 0.799. The van der Waals surface area contributed by atoms with Crippen molar-refractivity contribution in [3.8, 4) is 0 Å². The summed E-state index contributed by atoms with van der Waals surface area (Å²) in [6, 6.07) is 6.29. The summed E-state index contributed by atoms with van der Waals surface area (Å²) in [4.78, 5) is 13.3. The van der Waals surface area contributed by atoms with Crippen LogP contribution in [0.3, 0.4) is 0 Å². The summed E-state index contributed by atoms with van der Waals surface area (Å²) in [5, 5.41) is 0. The van der Waals surface area contributed by atoms with E-state index in [4.69, 9.17) is 4.74 Å². The molecule has 0 fully saturated rings. The third kappa shape index (κ3) is 4.95. The van der Waals surface area contributed by atoms with E-state index in [2.05, 4.69) is 0 Å². The van der Waals surface area contributed by atoms with Gasteiger partial charge in [0.05, 0.1) is 0 Å². The van der Waals surface area contributed by atoms with Gasteiger partial charge >= 0.3 is 0 Å². The van der Waals surface area contributed by atoms with Gasteiger partial charge in [0.25, 0.3) is 0 Å². The molecule has 0 bridgehead atoms. The largest absolute Gasteiger partial charge is 0.385 e. The molecule has 1 aromatic rings. The molecule has 1 rings (SSSR count). The smallest absolute Gasteiger partial charge is 0.222 e. The van der Waals surface area contributed by atoms with Crippen LogP contribution in [0, 0.1) is 5.82 Å². The zero-order chi connectivity index (χ0) is 12.7. The van der Waals surface area contributed by atoms with Crippen LogP contribution in [0.5, 0.6) is 0 Å². The van der Waals surface area contributed by atoms with E-state index in [1.807, 2.05) is 6.07 Å². The maximum absolute atomic E-state index is 12.9. The second kappa shape index (κ2) is 7.01. The summed E-state index contributed by atoms with van der Waals surface area (Å²) in [6.07, 6.45) is 1.17. The van der Waals surface area contributed by atoms with Gasteiger partial charge in [0.15, 0.2) is 0 Å². The van der Waals surface area contributed by atoms with Gasteiger partial charge in [0, 0.05) is 33.7 Å². The molecule has 17 heavy (non-hydrogen) atoms. The lowest BCUT2D eigenvalue weighted by atomic mass is 10.2. The third-order valence-corrected chi connectivity index (χ3v) is 2.47. The number of hydrogen-bond acceptors (Lipinski definition) is 2. The number of nitrogens with zero attached hydrogens (tertiary/aromatic N) is 1. The van der Waals surface area contributed by atoms with Gasteiger partial charge in [0.1, 0.15) is 5.82 Å². The van der Waals surface area contributed by atoms with Crippen molar-refractivity contribution in [2.24, 2.45) is 0 Å². The summed E-state index contributed by atoms with van der Waals surface area (Å²) in [5.74, 6) is -0.228. The van der Waals surface area contributed by atoms with Gasteiger partial charge in [-0.25, -0.2) is 4.39 Å². The zero-order valence-electron chi connectivity index (χ0n) is 10.3. The highest BCUT2D eigenvalue weighted by Gasteiger charge is 2.08. The van der Waals surface area contributed by atoms with Gasteiger partial charge in [-0.05, 0) is 24.1 Å². The van der Waals surface area contributed by atoms with E-state index < -0.39 is 0 Å². The SMILES string of the molecule is COCCCC(=O)N(C)Cc1cccc(F)c1. The molecule has 0 radical (unpaired) electrons. The lowest BCUT2D eigenvalue weighted by Crippen LogP contribution is -2.26. The second-order valence-electron chi connectivity index (χ2n) is 3.98. The van der Waals surface area contributed by atoms with E-state index in [0.29, 0.717) is 26.0 Å². The number of methoxy groups -OCH3 is 1. The maximum atomic E-state index is 12.9. The number of rotatable bonds is 6. The molecule has 0 atom stereocenters. The predicted octanol–water partition coefficient (Wildman–Crippen LogP) is 2.21. The van der Waals surface area contributed by atoms with Crippen LogP contribution in [0.25, 0.3) is 0 Å². The maximum Gasteiger partial charge on any atom is 0.222 e. The number of halogens is 1. The predicted molar refractivity (Wildman–Crippen MR) is 64.0 cm³/mol. The van der Waals surface area contributed by atoms with E-state index in [0.717, 1.165) is 5.56 Å². The van der Waals surface area contributed by atoms with Gasteiger partial charge in [-0.15, -0.1) is 0 Å². The molecule has 1 aromatic carbocycles. The fourth-order valence-electron chi connectivity index (χ4n) is 1.56. The van der Waals surface area contributed by atoms with Crippen molar-refractivity contribution in [1.82, 2.24) is 4.90 Å². The summed E-state index contributed by atoms with van der Waals surface area (Å²) in [6.45, 7) is 1.02. The van der Waals surface area contributed by atoms with Crippen LogP contribution in [0.2, 0.25) is 0 Å². The van der Waals surface area contributed by atoms with Crippen LogP contribution < -0.4 is 0 Å². The summed E-state index contributed by atoms with van der Waals surface area (Å²) >= 11 is 0. The molecule has 0 spiro atoms. The van der Waals surface area contributed by atoms with Crippen molar-refractivity contribution in [3.63, 3.8) is 0 Å². The number of amides is 1. The quantitative estimate of drug-likeness (QED) is 0.712. The first kappa shape index (κ1) is 13.6. The molecule has 0 aromatic heterocycles. The molecule has 0 heterocycles. The number of benzene rings is 1. The highest BCUT2D eigenvalue weighted by Crippen LogP contribution is 2.07. The van der Waals surface area contributed by atoms with Crippen LogP contribution in [0.1, 0.15) is 18.4 Å². The first-order valence-electron chi connectivity index (χ1n) is 5.61. The van der Waals surface area contributed by atoms with Gasteiger partial charge in [0.2, 0.25) is 5.91 Å². The van der Waals surface area contributed by atoms with Crippen molar-refractivity contribution in [2.75, 3.05) is 20.8 Å². The second-order valence-corrected chi connectivity index (χ2v) is 3.98.